The second-order valence-electron chi connectivity index (χ2n) is 9.49. The summed E-state index contributed by atoms with van der Waals surface area (Å²) in [5.41, 5.74) is 6.29. The van der Waals surface area contributed by atoms with Crippen molar-refractivity contribution in [1.82, 2.24) is 4.90 Å². The Balaban J connectivity index is 1.61. The molecule has 32 heavy (non-hydrogen) atoms. The zero-order chi connectivity index (χ0) is 22.7. The van der Waals surface area contributed by atoms with E-state index in [4.69, 9.17) is 10.5 Å². The van der Waals surface area contributed by atoms with Crippen LogP contribution < -0.4 is 5.73 Å². The molecule has 3 aliphatic carbocycles. The summed E-state index contributed by atoms with van der Waals surface area (Å²) in [7, 11) is 1.66. The van der Waals surface area contributed by atoms with E-state index in [-0.39, 0.29) is 12.1 Å². The topological polar surface area (TPSA) is 67.9 Å². The summed E-state index contributed by atoms with van der Waals surface area (Å²) in [6.07, 6.45) is 0.987. The Morgan fingerprint density at radius 1 is 1.25 bits per heavy atom. The van der Waals surface area contributed by atoms with Crippen molar-refractivity contribution in [3.8, 4) is 11.8 Å². The lowest BCUT2D eigenvalue weighted by Gasteiger charge is -2.45. The molecule has 4 aliphatic rings. The van der Waals surface area contributed by atoms with Gasteiger partial charge in [-0.3, -0.25) is 9.69 Å². The number of methoxy groups -OCH3 is 1. The maximum atomic E-state index is 13.8. The van der Waals surface area contributed by atoms with Crippen LogP contribution in [0.1, 0.15) is 55.2 Å². The smallest absolute Gasteiger partial charge is 0.381 e. The number of aliphatic imine (C=N–C) groups is 1. The monoisotopic (exact) mass is 445 g/mol. The highest BCUT2D eigenvalue weighted by atomic mass is 19.4. The van der Waals surface area contributed by atoms with Crippen LogP contribution in [0.4, 0.5) is 13.2 Å². The summed E-state index contributed by atoms with van der Waals surface area (Å²) in [5, 5.41) is 0. The predicted molar refractivity (Wildman–Crippen MR) is 113 cm³/mol. The second-order valence-corrected chi connectivity index (χ2v) is 9.49. The number of fused-ring (bicyclic) bond motifs is 3. The molecule has 1 heterocycles. The number of hydrogen-bond donors (Lipinski definition) is 1. The van der Waals surface area contributed by atoms with Crippen molar-refractivity contribution in [3.63, 3.8) is 0 Å². The summed E-state index contributed by atoms with van der Waals surface area (Å²) < 4.78 is 45.3. The first-order valence-electron chi connectivity index (χ1n) is 11.1. The zero-order valence-electron chi connectivity index (χ0n) is 18.0. The van der Waals surface area contributed by atoms with Gasteiger partial charge in [0.1, 0.15) is 6.54 Å². The van der Waals surface area contributed by atoms with E-state index in [9.17, 15) is 18.0 Å². The van der Waals surface area contributed by atoms with Crippen LogP contribution in [0.15, 0.2) is 23.2 Å². The lowest BCUT2D eigenvalue weighted by molar-refractivity contribution is -0.158. The number of benzene rings is 1. The van der Waals surface area contributed by atoms with Crippen molar-refractivity contribution in [2.45, 2.75) is 62.8 Å². The number of nitrogens with two attached hydrogens (primary N) is 1. The molecule has 0 bridgehead atoms. The standard InChI is InChI=1S/C24H26F3N3O2/c1-32-18-8-10-22(11-9-18)13-17-7-6-16(5-4-15-2-3-15)12-19(17)24(22)20(31)30(21(28)29-24)14-23(25,26)27/h6-7,12,15,18H,2-3,8-11,13-14H2,1H3,(H2,28,29). The molecule has 2 saturated carbocycles. The van der Waals surface area contributed by atoms with Gasteiger partial charge in [-0.1, -0.05) is 17.9 Å². The molecule has 1 aromatic carbocycles. The van der Waals surface area contributed by atoms with E-state index in [1.165, 1.54) is 0 Å². The minimum Gasteiger partial charge on any atom is -0.381 e. The number of nitrogens with zero attached hydrogens (tertiary/aromatic N) is 2. The third kappa shape index (κ3) is 3.29. The number of halogens is 3. The van der Waals surface area contributed by atoms with Gasteiger partial charge in [-0.15, -0.1) is 0 Å². The number of rotatable bonds is 2. The van der Waals surface area contributed by atoms with Crippen molar-refractivity contribution in [2.24, 2.45) is 22.1 Å². The Kier molecular flexibility index (Phi) is 4.82. The van der Waals surface area contributed by atoms with Gasteiger partial charge in [0.2, 0.25) is 0 Å². The van der Waals surface area contributed by atoms with Gasteiger partial charge in [0.05, 0.1) is 6.10 Å². The molecule has 5 nitrogen and oxygen atoms in total. The van der Waals surface area contributed by atoms with Gasteiger partial charge in [-0.2, -0.15) is 13.2 Å². The molecule has 1 unspecified atom stereocenters. The quantitative estimate of drug-likeness (QED) is 0.709. The first kappa shape index (κ1) is 21.3. The molecule has 2 fully saturated rings. The molecule has 1 amide bonds. The minimum absolute atomic E-state index is 0.0745. The molecular formula is C24H26F3N3O2. The van der Waals surface area contributed by atoms with Crippen LogP contribution in [0.2, 0.25) is 0 Å². The average molecular weight is 445 g/mol. The van der Waals surface area contributed by atoms with Crippen LogP contribution in [0.25, 0.3) is 0 Å². The Morgan fingerprint density at radius 2 is 1.97 bits per heavy atom. The average Bonchev–Trinajstić information content (AvgIpc) is 3.50. The number of hydrogen-bond acceptors (Lipinski definition) is 4. The van der Waals surface area contributed by atoms with Crippen molar-refractivity contribution in [2.75, 3.05) is 13.7 Å². The molecule has 2 spiro atoms. The fourth-order valence-corrected chi connectivity index (χ4v) is 5.69. The Morgan fingerprint density at radius 3 is 2.59 bits per heavy atom. The lowest BCUT2D eigenvalue weighted by atomic mass is 9.61. The second kappa shape index (κ2) is 7.24. The highest BCUT2D eigenvalue weighted by Gasteiger charge is 2.67. The largest absolute Gasteiger partial charge is 0.406 e. The molecule has 1 aliphatic heterocycles. The van der Waals surface area contributed by atoms with Crippen molar-refractivity contribution in [1.29, 1.82) is 0 Å². The highest BCUT2D eigenvalue weighted by molar-refractivity contribution is 6.08. The Bertz CT molecular complexity index is 1040. The number of amides is 1. The van der Waals surface area contributed by atoms with Crippen molar-refractivity contribution >= 4 is 11.9 Å². The number of guanidine groups is 1. The van der Waals surface area contributed by atoms with Gasteiger partial charge in [-0.05, 0) is 68.2 Å². The summed E-state index contributed by atoms with van der Waals surface area (Å²) in [6.45, 7) is -1.43. The van der Waals surface area contributed by atoms with Gasteiger partial charge >= 0.3 is 6.18 Å². The van der Waals surface area contributed by atoms with Crippen molar-refractivity contribution in [3.05, 3.63) is 34.9 Å². The molecule has 1 aromatic rings. The van der Waals surface area contributed by atoms with Gasteiger partial charge < -0.3 is 10.5 Å². The molecule has 1 atom stereocenters. The molecule has 0 saturated heterocycles. The minimum atomic E-state index is -4.57. The molecular weight excluding hydrogens is 419 g/mol. The molecule has 170 valence electrons. The lowest BCUT2D eigenvalue weighted by Crippen LogP contribution is -2.53. The predicted octanol–water partition coefficient (Wildman–Crippen LogP) is 3.49. The van der Waals surface area contributed by atoms with E-state index in [1.54, 1.807) is 7.11 Å². The molecule has 8 heteroatoms. The van der Waals surface area contributed by atoms with Gasteiger partial charge in [0.15, 0.2) is 11.5 Å². The summed E-state index contributed by atoms with van der Waals surface area (Å²) in [6, 6.07) is 5.74. The van der Waals surface area contributed by atoms with E-state index in [1.807, 2.05) is 18.2 Å². The first-order valence-corrected chi connectivity index (χ1v) is 11.1. The Hall–Kier alpha value is -2.53. The third-order valence-electron chi connectivity index (χ3n) is 7.47. The SMILES string of the molecule is COC1CCC2(CC1)Cc1ccc(C#CC3CC3)cc1C21N=C(N)N(CC(F)(F)F)C1=O. The van der Waals surface area contributed by atoms with Crippen LogP contribution in [0.5, 0.6) is 0 Å². The fraction of sp³-hybridized carbons (Fsp3) is 0.583. The van der Waals surface area contributed by atoms with Crippen LogP contribution in [0, 0.1) is 23.2 Å². The van der Waals surface area contributed by atoms with Gasteiger partial charge in [0.25, 0.3) is 5.91 Å². The zero-order valence-corrected chi connectivity index (χ0v) is 18.0. The number of carbonyl (C=O) groups is 1. The highest BCUT2D eigenvalue weighted by Crippen LogP contribution is 2.62. The van der Waals surface area contributed by atoms with Crippen molar-refractivity contribution < 1.29 is 22.7 Å². The van der Waals surface area contributed by atoms with E-state index in [2.05, 4.69) is 16.8 Å². The number of ether oxygens (including phenoxy) is 1. The van der Waals surface area contributed by atoms with Crippen LogP contribution >= 0.6 is 0 Å². The van der Waals surface area contributed by atoms with Crippen LogP contribution in [-0.4, -0.2) is 42.7 Å². The molecule has 0 radical (unpaired) electrons. The summed E-state index contributed by atoms with van der Waals surface area (Å²) >= 11 is 0. The van der Waals surface area contributed by atoms with Crippen LogP contribution in [-0.2, 0) is 21.5 Å². The molecule has 0 aromatic heterocycles. The van der Waals surface area contributed by atoms with E-state index >= 15 is 0 Å². The maximum Gasteiger partial charge on any atom is 0.406 e. The number of carbonyl (C=O) groups excluding carboxylic acids is 1. The van der Waals surface area contributed by atoms with E-state index in [0.29, 0.717) is 35.6 Å². The maximum absolute atomic E-state index is 13.8. The van der Waals surface area contributed by atoms with E-state index in [0.717, 1.165) is 36.8 Å². The first-order chi connectivity index (χ1) is 15.2. The van der Waals surface area contributed by atoms with E-state index < -0.39 is 29.6 Å². The Labute approximate surface area is 185 Å². The number of alkyl halides is 3. The molecule has 5 rings (SSSR count). The summed E-state index contributed by atoms with van der Waals surface area (Å²) in [4.78, 5) is 18.9. The normalized spacial score (nSPS) is 31.6. The van der Waals surface area contributed by atoms with Crippen LogP contribution in [0.3, 0.4) is 0 Å². The third-order valence-corrected chi connectivity index (χ3v) is 7.47. The van der Waals surface area contributed by atoms with Gasteiger partial charge in [0, 0.05) is 24.0 Å². The fourth-order valence-electron chi connectivity index (χ4n) is 5.69. The van der Waals surface area contributed by atoms with Gasteiger partial charge in [-0.25, -0.2) is 4.99 Å². The summed E-state index contributed by atoms with van der Waals surface area (Å²) in [5.74, 6) is 5.77. The molecule has 2 N–H and O–H groups in total.